The van der Waals surface area contributed by atoms with E-state index in [9.17, 15) is 36.4 Å². The Hall–Kier alpha value is -4.74. The van der Waals surface area contributed by atoms with Crippen molar-refractivity contribution < 1.29 is 54.9 Å². The first-order chi connectivity index (χ1) is 27.5. The smallest absolute Gasteiger partial charge is 0.408 e. The number of rotatable bonds is 10. The van der Waals surface area contributed by atoms with E-state index in [4.69, 9.17) is 19.2 Å². The molecule has 3 N–H and O–H groups in total. The number of benzene rings is 1. The summed E-state index contributed by atoms with van der Waals surface area (Å²) < 4.78 is 74.1. The molecule has 15 nitrogen and oxygen atoms in total. The van der Waals surface area contributed by atoms with Crippen molar-refractivity contribution in [3.05, 3.63) is 36.4 Å². The maximum atomic E-state index is 14.9. The first-order valence-corrected chi connectivity index (χ1v) is 21.6. The first kappa shape index (κ1) is 43.8. The van der Waals surface area contributed by atoms with Crippen LogP contribution in [0.15, 0.2) is 36.4 Å². The number of hydrogen-bond acceptors (Lipinski definition) is 11. The van der Waals surface area contributed by atoms with E-state index >= 15 is 0 Å². The van der Waals surface area contributed by atoms with Gasteiger partial charge in [-0.15, -0.1) is 0 Å². The summed E-state index contributed by atoms with van der Waals surface area (Å²) in [7, 11) is 1.23. The van der Waals surface area contributed by atoms with Gasteiger partial charge in [0.2, 0.25) is 27.7 Å². The van der Waals surface area contributed by atoms with Gasteiger partial charge in [-0.05, 0) is 93.9 Å². The lowest BCUT2D eigenvalue weighted by molar-refractivity contribution is -0.152. The van der Waals surface area contributed by atoms with E-state index in [0.717, 1.165) is 19.2 Å². The number of methoxy groups -OCH3 is 1. The molecule has 4 aliphatic rings. The number of hydrogen-bond donors (Lipinski definition) is 3. The van der Waals surface area contributed by atoms with E-state index in [1.807, 2.05) is 45.3 Å². The molecule has 59 heavy (non-hydrogen) atoms. The predicted octanol–water partition coefficient (Wildman–Crippen LogP) is 5.42. The predicted molar refractivity (Wildman–Crippen MR) is 222 cm³/mol. The van der Waals surface area contributed by atoms with Crippen LogP contribution in [0.1, 0.15) is 83.8 Å². The minimum Gasteiger partial charge on any atom is -0.497 e. The zero-order chi connectivity index (χ0) is 43.2. The quantitative estimate of drug-likeness (QED) is 0.260. The topological polar surface area (TPSA) is 186 Å². The van der Waals surface area contributed by atoms with Crippen LogP contribution in [-0.2, 0) is 29.1 Å². The number of halogens is 2. The highest BCUT2D eigenvalue weighted by Crippen LogP contribution is 2.46. The number of alkyl halides is 2. The maximum absolute atomic E-state index is 14.9. The lowest BCUT2D eigenvalue weighted by atomic mass is 9.88. The van der Waals surface area contributed by atoms with E-state index in [1.54, 1.807) is 31.1 Å². The second-order valence-electron chi connectivity index (χ2n) is 17.4. The molecular weight excluding hydrogens is 791 g/mol. The number of sulfonamides is 1. The zero-order valence-electron chi connectivity index (χ0n) is 34.8. The third-order valence-electron chi connectivity index (χ3n) is 12.0. The number of nitrogens with one attached hydrogen (secondary N) is 3. The minimum absolute atomic E-state index is 0. The summed E-state index contributed by atoms with van der Waals surface area (Å²) in [5, 5.41) is 6.11. The molecular formula is C41H62F2N6O9S. The number of anilines is 1. The number of aromatic nitrogens is 1. The monoisotopic (exact) mass is 852 g/mol. The molecule has 330 valence electrons. The number of amides is 4. The molecule has 0 bridgehead atoms. The first-order valence-electron chi connectivity index (χ1n) is 20.1. The van der Waals surface area contributed by atoms with E-state index in [-0.39, 0.29) is 35.5 Å². The van der Waals surface area contributed by atoms with Crippen LogP contribution in [0.3, 0.4) is 0 Å². The Morgan fingerprint density at radius 3 is 2.44 bits per heavy atom. The maximum Gasteiger partial charge on any atom is 0.408 e. The molecule has 2 aliphatic heterocycles. The van der Waals surface area contributed by atoms with Crippen LogP contribution in [0.25, 0.3) is 10.8 Å². The van der Waals surface area contributed by atoms with Gasteiger partial charge < -0.3 is 34.6 Å². The Labute approximate surface area is 348 Å². The molecule has 0 spiro atoms. The fourth-order valence-corrected chi connectivity index (χ4v) is 9.13. The number of carbonyl (C=O) groups excluding carboxylic acids is 4. The van der Waals surface area contributed by atoms with Gasteiger partial charge in [-0.25, -0.2) is 22.0 Å². The molecule has 6 rings (SSSR count). The van der Waals surface area contributed by atoms with Crippen LogP contribution in [0.4, 0.5) is 19.4 Å². The number of ether oxygens (including phenoxy) is 3. The third kappa shape index (κ3) is 9.52. The number of carbonyl (C=O) groups is 4. The normalized spacial score (nSPS) is 28.5. The molecule has 1 aromatic heterocycles. The van der Waals surface area contributed by atoms with Gasteiger partial charge in [0.25, 0.3) is 11.8 Å². The number of fused-ring (bicyclic) bond motifs is 3. The Morgan fingerprint density at radius 1 is 1.08 bits per heavy atom. The molecule has 1 saturated heterocycles. The molecule has 18 heteroatoms. The Bertz CT molecular complexity index is 2120. The largest absolute Gasteiger partial charge is 0.497 e. The van der Waals surface area contributed by atoms with Crippen molar-refractivity contribution in [2.45, 2.75) is 120 Å². The molecule has 1 aromatic carbocycles. The van der Waals surface area contributed by atoms with Crippen molar-refractivity contribution in [1.29, 1.82) is 0 Å². The lowest BCUT2D eigenvalue weighted by Gasteiger charge is -2.35. The van der Waals surface area contributed by atoms with Crippen LogP contribution in [-0.4, -0.2) is 110 Å². The average molecular weight is 853 g/mol. The second kappa shape index (κ2) is 16.4. The molecule has 3 fully saturated rings. The Kier molecular flexibility index (Phi) is 12.2. The van der Waals surface area contributed by atoms with Gasteiger partial charge in [-0.1, -0.05) is 26.0 Å². The van der Waals surface area contributed by atoms with Crippen molar-refractivity contribution in [3.63, 3.8) is 0 Å². The highest BCUT2D eigenvalue weighted by atomic mass is 32.2. The van der Waals surface area contributed by atoms with Crippen molar-refractivity contribution in [1.82, 2.24) is 25.2 Å². The summed E-state index contributed by atoms with van der Waals surface area (Å²) in [6, 6.07) is 4.65. The molecule has 2 aliphatic carbocycles. The van der Waals surface area contributed by atoms with Crippen molar-refractivity contribution >= 4 is 50.4 Å². The van der Waals surface area contributed by atoms with Gasteiger partial charge in [-0.2, -0.15) is 4.98 Å². The molecule has 2 aromatic rings. The van der Waals surface area contributed by atoms with Gasteiger partial charge in [-0.3, -0.25) is 19.1 Å². The van der Waals surface area contributed by atoms with E-state index in [2.05, 4.69) is 15.4 Å². The van der Waals surface area contributed by atoms with Gasteiger partial charge >= 0.3 is 6.09 Å². The number of allylic oxidation sites excluding steroid dienone is 1. The number of pyridine rings is 1. The fraction of sp³-hybridized carbons (Fsp3) is 0.634. The summed E-state index contributed by atoms with van der Waals surface area (Å²) >= 11 is 0. The van der Waals surface area contributed by atoms with Crippen LogP contribution in [0.2, 0.25) is 0 Å². The molecule has 7 atom stereocenters. The van der Waals surface area contributed by atoms with E-state index < -0.39 is 86.2 Å². The molecule has 0 unspecified atom stereocenters. The van der Waals surface area contributed by atoms with E-state index in [1.165, 1.54) is 4.90 Å². The summed E-state index contributed by atoms with van der Waals surface area (Å²) in [6.45, 7) is 6.36. The van der Waals surface area contributed by atoms with Gasteiger partial charge in [0.1, 0.15) is 35.3 Å². The standard InChI is InChI=1S/C41H56F2N6O9S.3H2/c1-23-11-9-10-12-26-21-41(26,37(52)47-59(54,55)29-14-15-29)46-34(50)31-20-28(57-35-30-16-13-27(56-8)18-25(30)19-32(44-35)48(6)7)22-49(31)36(51)33(24(2)17-23)45-38(53)58-39(3,4)40(5,42)43;;;/h10,12-13,16,18-19,23-24,26,28-29,31,33H,9,11,14-15,17,20-22H2,1-8H3,(H,45,53)(H,46,50)(H,47,52);3*1H/b12-10-;;;/t23-,24-,26-,28-,31+,33+,41-;;;/m1.../s1. The lowest BCUT2D eigenvalue weighted by Crippen LogP contribution is -2.59. The van der Waals surface area contributed by atoms with Crippen molar-refractivity contribution in [3.8, 4) is 11.6 Å². The third-order valence-corrected chi connectivity index (χ3v) is 13.8. The Balaban J connectivity index is 0.00000341. The summed E-state index contributed by atoms with van der Waals surface area (Å²) in [5.41, 5.74) is -3.82. The Morgan fingerprint density at radius 2 is 1.80 bits per heavy atom. The van der Waals surface area contributed by atoms with Crippen LogP contribution in [0, 0.1) is 17.8 Å². The van der Waals surface area contributed by atoms with Gasteiger partial charge in [0.05, 0.1) is 18.9 Å². The van der Waals surface area contributed by atoms with Gasteiger partial charge in [0, 0.05) is 43.0 Å². The van der Waals surface area contributed by atoms with Crippen molar-refractivity contribution in [2.75, 3.05) is 32.6 Å². The molecule has 2 saturated carbocycles. The van der Waals surface area contributed by atoms with E-state index in [0.29, 0.717) is 56.0 Å². The highest BCUT2D eigenvalue weighted by Gasteiger charge is 2.62. The highest BCUT2D eigenvalue weighted by molar-refractivity contribution is 7.91. The number of nitrogens with zero attached hydrogens (tertiary/aromatic N) is 3. The zero-order valence-corrected chi connectivity index (χ0v) is 35.7. The minimum atomic E-state index is -3.96. The summed E-state index contributed by atoms with van der Waals surface area (Å²) in [6.07, 6.45) is 4.26. The average Bonchev–Trinajstić information content (AvgIpc) is 4.07. The SMILES string of the molecule is COc1ccc2c(O[C@@H]3C[C@H]4C(=O)N[C@]5(C(=O)NS(=O)(=O)C6CC6)C[C@H]5/C=C\CC[C@@H](C)C[C@@H](C)[C@H](NC(=O)OC(C)(C)C(C)(F)F)C(=O)N4C3)nc(N(C)C)cc2c1.[HH].[HH].[HH]. The van der Waals surface area contributed by atoms with Crippen LogP contribution >= 0.6 is 0 Å². The summed E-state index contributed by atoms with van der Waals surface area (Å²) in [4.78, 5) is 64.5. The molecule has 3 heterocycles. The summed E-state index contributed by atoms with van der Waals surface area (Å²) in [5.74, 6) is -5.33. The van der Waals surface area contributed by atoms with Crippen LogP contribution in [0.5, 0.6) is 11.6 Å². The number of alkyl carbamates (subject to hydrolysis) is 1. The molecule has 4 amide bonds. The van der Waals surface area contributed by atoms with Gasteiger partial charge in [0.15, 0.2) is 5.60 Å². The fourth-order valence-electron chi connectivity index (χ4n) is 7.77. The van der Waals surface area contributed by atoms with Crippen molar-refractivity contribution in [2.24, 2.45) is 17.8 Å². The second-order valence-corrected chi connectivity index (χ2v) is 19.4. The van der Waals surface area contributed by atoms with Crippen LogP contribution < -0.4 is 29.7 Å². The molecule has 0 radical (unpaired) electrons.